The van der Waals surface area contributed by atoms with Gasteiger partial charge in [-0.2, -0.15) is 0 Å². The molecule has 0 saturated carbocycles. The number of carbonyl (C=O) groups is 1. The van der Waals surface area contributed by atoms with Gasteiger partial charge in [-0.3, -0.25) is 9.79 Å². The van der Waals surface area contributed by atoms with Crippen LogP contribution in [0.2, 0.25) is 0 Å². The first-order valence-electron chi connectivity index (χ1n) is 7.71. The number of hydrogen-bond acceptors (Lipinski definition) is 4. The van der Waals surface area contributed by atoms with Gasteiger partial charge < -0.3 is 10.1 Å². The molecule has 2 aromatic rings. The van der Waals surface area contributed by atoms with Crippen molar-refractivity contribution in [3.05, 3.63) is 65.4 Å². The Balaban J connectivity index is 1.64. The molecule has 0 spiro atoms. The third-order valence-electron chi connectivity index (χ3n) is 4.04. The van der Waals surface area contributed by atoms with Gasteiger partial charge in [0.15, 0.2) is 5.78 Å². The van der Waals surface area contributed by atoms with Crippen LogP contribution in [0, 0.1) is 0 Å². The maximum Gasteiger partial charge on any atom is 0.168 e. The van der Waals surface area contributed by atoms with E-state index in [1.54, 1.807) is 12.5 Å². The lowest BCUT2D eigenvalue weighted by Gasteiger charge is -2.22. The number of aliphatic hydroxyl groups excluding tert-OH is 1. The number of hydrogen-bond donors (Lipinski definition) is 2. The summed E-state index contributed by atoms with van der Waals surface area (Å²) in [7, 11) is 0. The van der Waals surface area contributed by atoms with Crippen molar-refractivity contribution in [3.8, 4) is 0 Å². The first-order valence-corrected chi connectivity index (χ1v) is 7.71. The quantitative estimate of drug-likeness (QED) is 0.833. The summed E-state index contributed by atoms with van der Waals surface area (Å²) in [6.07, 6.45) is 6.51. The molecule has 1 aliphatic rings. The van der Waals surface area contributed by atoms with E-state index in [9.17, 15) is 9.90 Å². The number of benzene rings is 1. The number of aromatic nitrogens is 2. The normalized spacial score (nSPS) is 18.8. The fourth-order valence-electron chi connectivity index (χ4n) is 2.78. The summed E-state index contributed by atoms with van der Waals surface area (Å²) < 4.78 is 0. The van der Waals surface area contributed by atoms with Crippen LogP contribution in [0.1, 0.15) is 30.0 Å². The third kappa shape index (κ3) is 3.74. The van der Waals surface area contributed by atoms with Gasteiger partial charge in [0.2, 0.25) is 0 Å². The predicted molar refractivity (Wildman–Crippen MR) is 88.7 cm³/mol. The van der Waals surface area contributed by atoms with Crippen LogP contribution in [-0.2, 0) is 11.2 Å². The molecule has 1 aromatic carbocycles. The van der Waals surface area contributed by atoms with Crippen LogP contribution in [0.15, 0.2) is 59.2 Å². The smallest absolute Gasteiger partial charge is 0.168 e. The summed E-state index contributed by atoms with van der Waals surface area (Å²) in [6.45, 7) is 0.550. The fraction of sp³-hybridized carbons (Fsp3) is 0.278. The topological polar surface area (TPSA) is 78.3 Å². The van der Waals surface area contributed by atoms with E-state index in [1.807, 2.05) is 30.3 Å². The van der Waals surface area contributed by atoms with Crippen molar-refractivity contribution in [1.29, 1.82) is 0 Å². The predicted octanol–water partition coefficient (Wildman–Crippen LogP) is 2.98. The number of Topliss-reactive ketones (excluding diaryl/α,β-unsaturated/α-hetero) is 1. The Morgan fingerprint density at radius 1 is 1.30 bits per heavy atom. The Labute approximate surface area is 134 Å². The first-order chi connectivity index (χ1) is 11.2. The molecule has 0 aliphatic heterocycles. The van der Waals surface area contributed by atoms with E-state index in [0.29, 0.717) is 25.0 Å². The average Bonchev–Trinajstić information content (AvgIpc) is 3.07. The van der Waals surface area contributed by atoms with Crippen molar-refractivity contribution >= 4 is 12.0 Å². The summed E-state index contributed by atoms with van der Waals surface area (Å²) in [6, 6.07) is 9.84. The van der Waals surface area contributed by atoms with E-state index in [-0.39, 0.29) is 17.5 Å². The molecule has 0 amide bonds. The summed E-state index contributed by atoms with van der Waals surface area (Å²) in [5, 5.41) is 10.2. The third-order valence-corrected chi connectivity index (χ3v) is 4.04. The van der Waals surface area contributed by atoms with Gasteiger partial charge in [0.1, 0.15) is 5.76 Å². The van der Waals surface area contributed by atoms with E-state index in [1.165, 1.54) is 6.21 Å². The van der Waals surface area contributed by atoms with Crippen molar-refractivity contribution in [2.75, 3.05) is 6.54 Å². The van der Waals surface area contributed by atoms with Gasteiger partial charge in [0.25, 0.3) is 0 Å². The number of aliphatic imine (C=N–C) groups is 1. The minimum atomic E-state index is -0.0482. The molecule has 0 radical (unpaired) electrons. The van der Waals surface area contributed by atoms with Crippen molar-refractivity contribution in [2.24, 2.45) is 4.99 Å². The molecular formula is C18H19N3O2. The zero-order valence-corrected chi connectivity index (χ0v) is 12.8. The number of ketones is 1. The number of aliphatic hydroxyl groups is 1. The van der Waals surface area contributed by atoms with Crippen LogP contribution in [0.5, 0.6) is 0 Å². The van der Waals surface area contributed by atoms with Gasteiger partial charge in [0, 0.05) is 43.9 Å². The standard InChI is InChI=1S/C18H19N3O2/c22-17-8-14(13-4-2-1-3-5-13)9-18(23)16(17)11-19-7-6-15-10-20-12-21-15/h1-5,10-12,14,22H,6-9H2,(H,20,21). The van der Waals surface area contributed by atoms with Gasteiger partial charge in [-0.25, -0.2) is 4.98 Å². The SMILES string of the molecule is O=C1CC(c2ccccc2)CC(O)=C1C=NCCc1cnc[nH]1. The molecule has 1 atom stereocenters. The lowest BCUT2D eigenvalue weighted by atomic mass is 9.83. The Morgan fingerprint density at radius 2 is 2.13 bits per heavy atom. The summed E-state index contributed by atoms with van der Waals surface area (Å²) in [4.78, 5) is 23.5. The molecule has 2 N–H and O–H groups in total. The van der Waals surface area contributed by atoms with Gasteiger partial charge >= 0.3 is 0 Å². The zero-order valence-electron chi connectivity index (χ0n) is 12.8. The lowest BCUT2D eigenvalue weighted by molar-refractivity contribution is -0.116. The highest BCUT2D eigenvalue weighted by molar-refractivity contribution is 6.14. The number of nitrogens with one attached hydrogen (secondary N) is 1. The van der Waals surface area contributed by atoms with E-state index in [4.69, 9.17) is 0 Å². The molecule has 0 bridgehead atoms. The maximum atomic E-state index is 12.3. The van der Waals surface area contributed by atoms with Crippen molar-refractivity contribution < 1.29 is 9.90 Å². The number of aromatic amines is 1. The number of carbonyl (C=O) groups excluding carboxylic acids is 1. The molecule has 1 aliphatic carbocycles. The van der Waals surface area contributed by atoms with Gasteiger partial charge in [-0.15, -0.1) is 0 Å². The summed E-state index contributed by atoms with van der Waals surface area (Å²) in [5.41, 5.74) is 2.43. The van der Waals surface area contributed by atoms with E-state index in [0.717, 1.165) is 17.7 Å². The van der Waals surface area contributed by atoms with E-state index in [2.05, 4.69) is 15.0 Å². The molecule has 1 unspecified atom stereocenters. The molecule has 23 heavy (non-hydrogen) atoms. The van der Waals surface area contributed by atoms with Crippen LogP contribution in [-0.4, -0.2) is 33.6 Å². The minimum Gasteiger partial charge on any atom is -0.511 e. The number of imidazole rings is 1. The molecule has 1 heterocycles. The molecule has 0 fully saturated rings. The minimum absolute atomic E-state index is 0.0471. The van der Waals surface area contributed by atoms with Crippen molar-refractivity contribution in [3.63, 3.8) is 0 Å². The van der Waals surface area contributed by atoms with Crippen molar-refractivity contribution in [1.82, 2.24) is 9.97 Å². The molecule has 5 nitrogen and oxygen atoms in total. The monoisotopic (exact) mass is 309 g/mol. The van der Waals surface area contributed by atoms with Crippen LogP contribution < -0.4 is 0 Å². The summed E-state index contributed by atoms with van der Waals surface area (Å²) in [5.74, 6) is 0.138. The highest BCUT2D eigenvalue weighted by atomic mass is 16.3. The maximum absolute atomic E-state index is 12.3. The van der Waals surface area contributed by atoms with E-state index >= 15 is 0 Å². The number of nitrogens with zero attached hydrogens (tertiary/aromatic N) is 2. The average molecular weight is 309 g/mol. The van der Waals surface area contributed by atoms with Gasteiger partial charge in [-0.1, -0.05) is 30.3 Å². The molecule has 118 valence electrons. The fourth-order valence-corrected chi connectivity index (χ4v) is 2.78. The molecule has 3 rings (SSSR count). The van der Waals surface area contributed by atoms with Crippen LogP contribution in [0.3, 0.4) is 0 Å². The number of H-pyrrole nitrogens is 1. The van der Waals surface area contributed by atoms with E-state index < -0.39 is 0 Å². The highest BCUT2D eigenvalue weighted by Crippen LogP contribution is 2.32. The van der Waals surface area contributed by atoms with Gasteiger partial charge in [0.05, 0.1) is 11.9 Å². The largest absolute Gasteiger partial charge is 0.511 e. The second-order valence-electron chi connectivity index (χ2n) is 5.66. The number of rotatable bonds is 5. The Kier molecular flexibility index (Phi) is 4.66. The Bertz CT molecular complexity index is 718. The highest BCUT2D eigenvalue weighted by Gasteiger charge is 2.27. The van der Waals surface area contributed by atoms with Crippen LogP contribution in [0.4, 0.5) is 0 Å². The lowest BCUT2D eigenvalue weighted by Crippen LogP contribution is -2.19. The van der Waals surface area contributed by atoms with Crippen LogP contribution in [0.25, 0.3) is 0 Å². The second-order valence-corrected chi connectivity index (χ2v) is 5.66. The second kappa shape index (κ2) is 7.05. The molecule has 1 aromatic heterocycles. The van der Waals surface area contributed by atoms with Gasteiger partial charge in [-0.05, 0) is 11.5 Å². The first kappa shape index (κ1) is 15.2. The molecule has 0 saturated heterocycles. The summed E-state index contributed by atoms with van der Waals surface area (Å²) >= 11 is 0. The molecule has 5 heteroatoms. The number of allylic oxidation sites excluding steroid dienone is 2. The van der Waals surface area contributed by atoms with Crippen molar-refractivity contribution in [2.45, 2.75) is 25.2 Å². The Hall–Kier alpha value is -2.69. The Morgan fingerprint density at radius 3 is 2.83 bits per heavy atom. The zero-order chi connectivity index (χ0) is 16.1. The van der Waals surface area contributed by atoms with Crippen LogP contribution >= 0.6 is 0 Å². The molecular weight excluding hydrogens is 290 g/mol.